The molecule has 3 N–H and O–H groups in total. The van der Waals surface area contributed by atoms with E-state index in [2.05, 4.69) is 10.5 Å². The van der Waals surface area contributed by atoms with Gasteiger partial charge in [0.15, 0.2) is 11.5 Å². The van der Waals surface area contributed by atoms with Gasteiger partial charge in [0.1, 0.15) is 0 Å². The molecule has 0 aromatic heterocycles. The topological polar surface area (TPSA) is 103 Å². The minimum Gasteiger partial charge on any atom is -0.490 e. The summed E-state index contributed by atoms with van der Waals surface area (Å²) >= 11 is 2.04. The molecule has 0 saturated heterocycles. The van der Waals surface area contributed by atoms with E-state index in [-0.39, 0.29) is 0 Å². The molecule has 0 aliphatic rings. The molecule has 7 nitrogen and oxygen atoms in total. The summed E-state index contributed by atoms with van der Waals surface area (Å²) in [6, 6.07) is 11.3. The van der Waals surface area contributed by atoms with E-state index < -0.39 is 12.0 Å². The second-order valence-electron chi connectivity index (χ2n) is 4.75. The molecule has 0 aliphatic heterocycles. The van der Waals surface area contributed by atoms with Crippen LogP contribution in [0.1, 0.15) is 22.8 Å². The van der Waals surface area contributed by atoms with Crippen molar-refractivity contribution in [3.8, 4) is 11.5 Å². The summed E-state index contributed by atoms with van der Waals surface area (Å²) in [5.41, 5.74) is 8.16. The Kier molecular flexibility index (Phi) is 6.75. The average molecular weight is 453 g/mol. The molecule has 130 valence electrons. The average Bonchev–Trinajstić information content (AvgIpc) is 2.58. The smallest absolute Gasteiger partial charge is 0.343 e. The fourth-order valence-electron chi connectivity index (χ4n) is 1.92. The lowest BCUT2D eigenvalue weighted by Crippen LogP contribution is -2.24. The monoisotopic (exact) mass is 453 g/mol. The van der Waals surface area contributed by atoms with Gasteiger partial charge in [-0.25, -0.2) is 15.0 Å². The number of hydrogen-bond acceptors (Lipinski definition) is 5. The Morgan fingerprint density at radius 3 is 2.64 bits per heavy atom. The molecule has 8 heteroatoms. The lowest BCUT2D eigenvalue weighted by molar-refractivity contribution is 0.0727. The highest BCUT2D eigenvalue weighted by atomic mass is 127. The Morgan fingerprint density at radius 2 is 2.00 bits per heavy atom. The first-order valence-corrected chi connectivity index (χ1v) is 8.41. The zero-order chi connectivity index (χ0) is 18.2. The van der Waals surface area contributed by atoms with Crippen LogP contribution < -0.4 is 20.6 Å². The second-order valence-corrected chi connectivity index (χ2v) is 5.91. The van der Waals surface area contributed by atoms with Crippen molar-refractivity contribution in [2.75, 3.05) is 6.61 Å². The first kappa shape index (κ1) is 18.7. The number of nitrogens with two attached hydrogens (primary N) is 1. The van der Waals surface area contributed by atoms with Crippen molar-refractivity contribution in [2.45, 2.75) is 6.92 Å². The van der Waals surface area contributed by atoms with Gasteiger partial charge in [-0.05, 0) is 59.3 Å². The minimum atomic E-state index is -0.760. The molecule has 2 aromatic carbocycles. The van der Waals surface area contributed by atoms with Crippen LogP contribution in [-0.2, 0) is 0 Å². The molecule has 2 rings (SSSR count). The number of ether oxygens (including phenoxy) is 2. The summed E-state index contributed by atoms with van der Waals surface area (Å²) < 4.78 is 11.7. The van der Waals surface area contributed by atoms with Crippen molar-refractivity contribution in [1.29, 1.82) is 0 Å². The molecule has 2 amide bonds. The van der Waals surface area contributed by atoms with Crippen molar-refractivity contribution >= 4 is 40.8 Å². The predicted octanol–water partition coefficient (Wildman–Crippen LogP) is 2.91. The highest BCUT2D eigenvalue weighted by Crippen LogP contribution is 2.34. The Hall–Kier alpha value is -2.62. The molecular weight excluding hydrogens is 437 g/mol. The highest BCUT2D eigenvalue weighted by Gasteiger charge is 2.16. The van der Waals surface area contributed by atoms with Crippen LogP contribution in [0.4, 0.5) is 4.79 Å². The summed E-state index contributed by atoms with van der Waals surface area (Å²) in [7, 11) is 0. The highest BCUT2D eigenvalue weighted by molar-refractivity contribution is 14.1. The van der Waals surface area contributed by atoms with E-state index in [0.29, 0.717) is 32.8 Å². The number of halogens is 1. The van der Waals surface area contributed by atoms with Crippen LogP contribution in [0.2, 0.25) is 0 Å². The van der Waals surface area contributed by atoms with Crippen LogP contribution in [0.25, 0.3) is 0 Å². The van der Waals surface area contributed by atoms with Gasteiger partial charge in [0.2, 0.25) is 0 Å². The van der Waals surface area contributed by atoms with E-state index in [1.807, 2.05) is 35.6 Å². The Bertz CT molecular complexity index is 794. The van der Waals surface area contributed by atoms with Crippen LogP contribution in [0.5, 0.6) is 11.5 Å². The molecule has 0 fully saturated rings. The van der Waals surface area contributed by atoms with Gasteiger partial charge in [-0.15, -0.1) is 0 Å². The Balaban J connectivity index is 2.29. The third-order valence-corrected chi connectivity index (χ3v) is 3.73. The number of nitrogens with zero attached hydrogens (tertiary/aromatic N) is 1. The number of primary amides is 1. The van der Waals surface area contributed by atoms with Crippen molar-refractivity contribution in [1.82, 2.24) is 5.43 Å². The third kappa shape index (κ3) is 5.45. The van der Waals surface area contributed by atoms with E-state index in [1.165, 1.54) is 6.21 Å². The molecule has 0 radical (unpaired) electrons. The third-order valence-electron chi connectivity index (χ3n) is 2.92. The summed E-state index contributed by atoms with van der Waals surface area (Å²) in [5, 5.41) is 3.71. The quantitative estimate of drug-likeness (QED) is 0.231. The number of nitrogens with one attached hydrogen (secondary N) is 1. The molecule has 0 spiro atoms. The predicted molar refractivity (Wildman–Crippen MR) is 102 cm³/mol. The molecule has 0 bridgehead atoms. The molecule has 0 aliphatic carbocycles. The number of benzene rings is 2. The number of amides is 2. The maximum absolute atomic E-state index is 12.3. The van der Waals surface area contributed by atoms with Crippen molar-refractivity contribution < 1.29 is 19.1 Å². The largest absolute Gasteiger partial charge is 0.490 e. The molecule has 25 heavy (non-hydrogen) atoms. The summed E-state index contributed by atoms with van der Waals surface area (Å²) in [4.78, 5) is 22.9. The van der Waals surface area contributed by atoms with Crippen LogP contribution in [0, 0.1) is 3.57 Å². The van der Waals surface area contributed by atoms with E-state index in [1.54, 1.807) is 36.4 Å². The molecule has 0 saturated carbocycles. The van der Waals surface area contributed by atoms with E-state index in [0.717, 1.165) is 0 Å². The zero-order valence-corrected chi connectivity index (χ0v) is 15.5. The van der Waals surface area contributed by atoms with Gasteiger partial charge in [-0.2, -0.15) is 5.10 Å². The standard InChI is InChI=1S/C17H16IN3O4/c1-2-24-14-9-11(10-20-21-17(19)23)8-13(18)15(14)25-16(22)12-6-4-3-5-7-12/h3-10H,2H2,1H3,(H3,19,21,23). The molecule has 0 unspecified atom stereocenters. The van der Waals surface area contributed by atoms with Gasteiger partial charge in [0, 0.05) is 0 Å². The molecular formula is C17H16IN3O4. The molecule has 0 atom stereocenters. The first-order valence-electron chi connectivity index (χ1n) is 7.33. The van der Waals surface area contributed by atoms with Gasteiger partial charge in [0.05, 0.1) is 22.0 Å². The minimum absolute atomic E-state index is 0.330. The number of urea groups is 1. The Morgan fingerprint density at radius 1 is 1.28 bits per heavy atom. The maximum Gasteiger partial charge on any atom is 0.343 e. The summed E-state index contributed by atoms with van der Waals surface area (Å²) in [6.45, 7) is 2.22. The van der Waals surface area contributed by atoms with Crippen molar-refractivity contribution in [3.63, 3.8) is 0 Å². The van der Waals surface area contributed by atoms with E-state index in [9.17, 15) is 9.59 Å². The van der Waals surface area contributed by atoms with Crippen LogP contribution >= 0.6 is 22.6 Å². The van der Waals surface area contributed by atoms with E-state index in [4.69, 9.17) is 15.2 Å². The lowest BCUT2D eigenvalue weighted by atomic mass is 10.2. The normalized spacial score (nSPS) is 10.5. The van der Waals surface area contributed by atoms with E-state index >= 15 is 0 Å². The summed E-state index contributed by atoms with van der Waals surface area (Å²) in [6.07, 6.45) is 1.41. The number of hydrogen-bond donors (Lipinski definition) is 2. The SMILES string of the molecule is CCOc1cc(C=NNC(N)=O)cc(I)c1OC(=O)c1ccccc1. The fourth-order valence-corrected chi connectivity index (χ4v) is 2.66. The first-order chi connectivity index (χ1) is 12.0. The van der Waals surface area contributed by atoms with Gasteiger partial charge >= 0.3 is 12.0 Å². The number of rotatable bonds is 6. The number of esters is 1. The second kappa shape index (κ2) is 9.02. The van der Waals surface area contributed by atoms with Crippen LogP contribution in [0.3, 0.4) is 0 Å². The number of carbonyl (C=O) groups excluding carboxylic acids is 2. The van der Waals surface area contributed by atoms with Gasteiger partial charge in [-0.3, -0.25) is 0 Å². The van der Waals surface area contributed by atoms with Crippen molar-refractivity contribution in [2.24, 2.45) is 10.8 Å². The van der Waals surface area contributed by atoms with Crippen molar-refractivity contribution in [3.05, 3.63) is 57.2 Å². The van der Waals surface area contributed by atoms with Gasteiger partial charge in [0.25, 0.3) is 0 Å². The maximum atomic E-state index is 12.3. The number of carbonyl (C=O) groups is 2. The number of hydrazone groups is 1. The van der Waals surface area contributed by atoms with Gasteiger partial charge in [-0.1, -0.05) is 18.2 Å². The fraction of sp³-hybridized carbons (Fsp3) is 0.118. The van der Waals surface area contributed by atoms with Crippen LogP contribution in [-0.4, -0.2) is 24.8 Å². The van der Waals surface area contributed by atoms with Gasteiger partial charge < -0.3 is 15.2 Å². The molecule has 0 heterocycles. The zero-order valence-electron chi connectivity index (χ0n) is 13.4. The summed E-state index contributed by atoms with van der Waals surface area (Å²) in [5.74, 6) is 0.256. The lowest BCUT2D eigenvalue weighted by Gasteiger charge is -2.13. The molecule has 2 aromatic rings. The Labute approximate surface area is 158 Å². The van der Waals surface area contributed by atoms with Crippen LogP contribution in [0.15, 0.2) is 47.6 Å².